The van der Waals surface area contributed by atoms with Gasteiger partial charge >= 0.3 is 0 Å². The lowest BCUT2D eigenvalue weighted by atomic mass is 9.96. The number of benzene rings is 1. The highest BCUT2D eigenvalue weighted by Gasteiger charge is 2.37. The minimum atomic E-state index is -0.763. The van der Waals surface area contributed by atoms with Gasteiger partial charge in [0.25, 0.3) is 0 Å². The predicted molar refractivity (Wildman–Crippen MR) is 88.5 cm³/mol. The van der Waals surface area contributed by atoms with Crippen LogP contribution in [0.1, 0.15) is 45.2 Å². The van der Waals surface area contributed by atoms with Gasteiger partial charge in [0.2, 0.25) is 5.91 Å². The molecule has 4 nitrogen and oxygen atoms in total. The van der Waals surface area contributed by atoms with Crippen molar-refractivity contribution < 1.29 is 9.90 Å². The second kappa shape index (κ2) is 6.80. The fourth-order valence-electron chi connectivity index (χ4n) is 3.27. The SMILES string of the molecule is CC(c1ccccc1)N(C)C(=O)CN1CCCC1C(C)(C)O. The Hall–Kier alpha value is -1.39. The number of nitrogens with zero attached hydrogens (tertiary/aromatic N) is 2. The van der Waals surface area contributed by atoms with E-state index < -0.39 is 5.60 Å². The van der Waals surface area contributed by atoms with Gasteiger partial charge in [0.1, 0.15) is 0 Å². The largest absolute Gasteiger partial charge is 0.389 e. The van der Waals surface area contributed by atoms with E-state index in [9.17, 15) is 9.90 Å². The van der Waals surface area contributed by atoms with Gasteiger partial charge in [0.05, 0.1) is 18.2 Å². The Labute approximate surface area is 133 Å². The molecule has 1 N–H and O–H groups in total. The molecule has 1 saturated heterocycles. The van der Waals surface area contributed by atoms with Crippen molar-refractivity contribution in [3.8, 4) is 0 Å². The van der Waals surface area contributed by atoms with Gasteiger partial charge < -0.3 is 10.0 Å². The van der Waals surface area contributed by atoms with E-state index in [1.54, 1.807) is 4.90 Å². The molecule has 1 aliphatic rings. The van der Waals surface area contributed by atoms with Crippen molar-refractivity contribution in [1.82, 2.24) is 9.80 Å². The number of hydrogen-bond donors (Lipinski definition) is 1. The molecule has 0 spiro atoms. The lowest BCUT2D eigenvalue weighted by Gasteiger charge is -2.35. The zero-order chi connectivity index (χ0) is 16.3. The van der Waals surface area contributed by atoms with E-state index in [1.165, 1.54) is 0 Å². The summed E-state index contributed by atoms with van der Waals surface area (Å²) in [6, 6.07) is 10.2. The van der Waals surface area contributed by atoms with E-state index in [4.69, 9.17) is 0 Å². The third-order valence-corrected chi connectivity index (χ3v) is 4.77. The molecule has 2 rings (SSSR count). The standard InChI is InChI=1S/C18H28N2O2/c1-14(15-9-6-5-7-10-15)19(4)17(21)13-20-12-8-11-16(20)18(2,3)22/h5-7,9-10,14,16,22H,8,11-13H2,1-4H3. The van der Waals surface area contributed by atoms with Gasteiger partial charge in [0, 0.05) is 13.1 Å². The van der Waals surface area contributed by atoms with Crippen molar-refractivity contribution in [2.75, 3.05) is 20.1 Å². The summed E-state index contributed by atoms with van der Waals surface area (Å²) in [5, 5.41) is 10.3. The van der Waals surface area contributed by atoms with Gasteiger partial charge in [-0.15, -0.1) is 0 Å². The summed E-state index contributed by atoms with van der Waals surface area (Å²) in [6.45, 7) is 6.97. The third kappa shape index (κ3) is 3.87. The molecule has 1 aliphatic heterocycles. The molecule has 1 amide bonds. The lowest BCUT2D eigenvalue weighted by molar-refractivity contribution is -0.134. The first-order valence-corrected chi connectivity index (χ1v) is 8.07. The summed E-state index contributed by atoms with van der Waals surface area (Å²) in [5.41, 5.74) is 0.374. The quantitative estimate of drug-likeness (QED) is 0.908. The summed E-state index contributed by atoms with van der Waals surface area (Å²) in [5.74, 6) is 0.104. The van der Waals surface area contributed by atoms with Crippen molar-refractivity contribution in [1.29, 1.82) is 0 Å². The first kappa shape index (κ1) is 17.0. The Morgan fingerprint density at radius 2 is 2.05 bits per heavy atom. The number of carbonyl (C=O) groups is 1. The smallest absolute Gasteiger partial charge is 0.237 e. The second-order valence-corrected chi connectivity index (χ2v) is 6.87. The van der Waals surface area contributed by atoms with Crippen molar-refractivity contribution in [2.45, 2.75) is 51.3 Å². The lowest BCUT2D eigenvalue weighted by Crippen LogP contribution is -2.49. The van der Waals surface area contributed by atoms with Gasteiger partial charge in [-0.25, -0.2) is 0 Å². The van der Waals surface area contributed by atoms with Crippen LogP contribution >= 0.6 is 0 Å². The molecule has 1 heterocycles. The maximum atomic E-state index is 12.6. The summed E-state index contributed by atoms with van der Waals surface area (Å²) in [6.07, 6.45) is 1.99. The second-order valence-electron chi connectivity index (χ2n) is 6.87. The van der Waals surface area contributed by atoms with Crippen LogP contribution in [0.4, 0.5) is 0 Å². The first-order chi connectivity index (χ1) is 10.3. The number of hydrogen-bond acceptors (Lipinski definition) is 3. The van der Waals surface area contributed by atoms with Crippen LogP contribution in [0.2, 0.25) is 0 Å². The van der Waals surface area contributed by atoms with Crippen molar-refractivity contribution in [3.05, 3.63) is 35.9 Å². The summed E-state index contributed by atoms with van der Waals surface area (Å²) < 4.78 is 0. The van der Waals surface area contributed by atoms with E-state index in [2.05, 4.69) is 4.90 Å². The van der Waals surface area contributed by atoms with Gasteiger partial charge in [-0.3, -0.25) is 9.69 Å². The van der Waals surface area contributed by atoms with E-state index in [-0.39, 0.29) is 18.0 Å². The monoisotopic (exact) mass is 304 g/mol. The van der Waals surface area contributed by atoms with Crippen molar-refractivity contribution in [3.63, 3.8) is 0 Å². The molecule has 22 heavy (non-hydrogen) atoms. The molecule has 1 fully saturated rings. The molecule has 4 heteroatoms. The molecule has 0 bridgehead atoms. The number of aliphatic hydroxyl groups is 1. The van der Waals surface area contributed by atoms with Crippen LogP contribution in [-0.4, -0.2) is 52.6 Å². The van der Waals surface area contributed by atoms with E-state index in [1.807, 2.05) is 58.2 Å². The third-order valence-electron chi connectivity index (χ3n) is 4.77. The Balaban J connectivity index is 1.99. The number of likely N-dealkylation sites (N-methyl/N-ethyl adjacent to an activating group) is 1. The molecule has 122 valence electrons. The van der Waals surface area contributed by atoms with Crippen LogP contribution in [0.5, 0.6) is 0 Å². The summed E-state index contributed by atoms with van der Waals surface area (Å²) >= 11 is 0. The molecule has 1 aromatic rings. The van der Waals surface area contributed by atoms with Crippen LogP contribution < -0.4 is 0 Å². The van der Waals surface area contributed by atoms with Crippen LogP contribution in [0.25, 0.3) is 0 Å². The maximum Gasteiger partial charge on any atom is 0.237 e. The van der Waals surface area contributed by atoms with Gasteiger partial charge in [-0.2, -0.15) is 0 Å². The molecule has 0 aliphatic carbocycles. The van der Waals surface area contributed by atoms with Crippen LogP contribution in [0, 0.1) is 0 Å². The average molecular weight is 304 g/mol. The highest BCUT2D eigenvalue weighted by Crippen LogP contribution is 2.27. The zero-order valence-electron chi connectivity index (χ0n) is 14.1. The molecule has 0 radical (unpaired) electrons. The Morgan fingerprint density at radius 1 is 1.41 bits per heavy atom. The van der Waals surface area contributed by atoms with Gasteiger partial charge in [0.15, 0.2) is 0 Å². The fraction of sp³-hybridized carbons (Fsp3) is 0.611. The predicted octanol–water partition coefficient (Wildman–Crippen LogP) is 2.44. The number of carbonyl (C=O) groups excluding carboxylic acids is 1. The Morgan fingerprint density at radius 3 is 2.64 bits per heavy atom. The normalized spacial score (nSPS) is 20.9. The van der Waals surface area contributed by atoms with Crippen molar-refractivity contribution in [2.24, 2.45) is 0 Å². The Bertz CT molecular complexity index is 496. The van der Waals surface area contributed by atoms with Crippen molar-refractivity contribution >= 4 is 5.91 Å². The van der Waals surface area contributed by atoms with Gasteiger partial charge in [-0.05, 0) is 45.7 Å². The van der Waals surface area contributed by atoms with Crippen LogP contribution in [0.3, 0.4) is 0 Å². The number of likely N-dealkylation sites (tertiary alicyclic amines) is 1. The molecular formula is C18H28N2O2. The van der Waals surface area contributed by atoms with E-state index >= 15 is 0 Å². The highest BCUT2D eigenvalue weighted by atomic mass is 16.3. The average Bonchev–Trinajstić information content (AvgIpc) is 2.95. The zero-order valence-corrected chi connectivity index (χ0v) is 14.1. The Kier molecular flexibility index (Phi) is 5.24. The van der Waals surface area contributed by atoms with E-state index in [0.717, 1.165) is 24.9 Å². The topological polar surface area (TPSA) is 43.8 Å². The molecule has 0 saturated carbocycles. The molecular weight excluding hydrogens is 276 g/mol. The van der Waals surface area contributed by atoms with Crippen LogP contribution in [-0.2, 0) is 4.79 Å². The number of amides is 1. The first-order valence-electron chi connectivity index (χ1n) is 8.07. The summed E-state index contributed by atoms with van der Waals surface area (Å²) in [4.78, 5) is 16.5. The fourth-order valence-corrected chi connectivity index (χ4v) is 3.27. The molecule has 2 atom stereocenters. The highest BCUT2D eigenvalue weighted by molar-refractivity contribution is 5.78. The van der Waals surface area contributed by atoms with E-state index in [0.29, 0.717) is 6.54 Å². The molecule has 1 aromatic carbocycles. The minimum Gasteiger partial charge on any atom is -0.389 e. The molecule has 0 aromatic heterocycles. The van der Waals surface area contributed by atoms with Crippen LogP contribution in [0.15, 0.2) is 30.3 Å². The maximum absolute atomic E-state index is 12.6. The number of rotatable bonds is 5. The minimum absolute atomic E-state index is 0.0527. The van der Waals surface area contributed by atoms with Gasteiger partial charge in [-0.1, -0.05) is 30.3 Å². The summed E-state index contributed by atoms with van der Waals surface area (Å²) in [7, 11) is 1.86. The molecule has 2 unspecified atom stereocenters.